The SMILES string of the molecule is COC(=O)CCNS(=O)(=O)c1ccc(F)cc1Br. The van der Waals surface area contributed by atoms with Gasteiger partial charge in [0, 0.05) is 11.0 Å². The maximum absolute atomic E-state index is 12.8. The Morgan fingerprint density at radius 2 is 2.17 bits per heavy atom. The molecule has 18 heavy (non-hydrogen) atoms. The van der Waals surface area contributed by atoms with Gasteiger partial charge in [0.1, 0.15) is 5.82 Å². The zero-order valence-electron chi connectivity index (χ0n) is 9.44. The normalized spacial score (nSPS) is 11.3. The van der Waals surface area contributed by atoms with Gasteiger partial charge in [0.2, 0.25) is 10.0 Å². The van der Waals surface area contributed by atoms with Gasteiger partial charge in [-0.3, -0.25) is 4.79 Å². The van der Waals surface area contributed by atoms with Crippen LogP contribution in [0.3, 0.4) is 0 Å². The average molecular weight is 340 g/mol. The van der Waals surface area contributed by atoms with Crippen molar-refractivity contribution in [2.75, 3.05) is 13.7 Å². The number of esters is 1. The van der Waals surface area contributed by atoms with Crippen molar-refractivity contribution in [2.45, 2.75) is 11.3 Å². The Bertz CT molecular complexity index is 547. The lowest BCUT2D eigenvalue weighted by Gasteiger charge is -2.07. The second-order valence-corrected chi connectivity index (χ2v) is 5.89. The molecule has 0 aromatic heterocycles. The van der Waals surface area contributed by atoms with Crippen LogP contribution in [0, 0.1) is 5.82 Å². The summed E-state index contributed by atoms with van der Waals surface area (Å²) in [6.45, 7) is -0.0845. The fraction of sp³-hybridized carbons (Fsp3) is 0.300. The van der Waals surface area contributed by atoms with E-state index < -0.39 is 21.8 Å². The number of hydrogen-bond acceptors (Lipinski definition) is 4. The van der Waals surface area contributed by atoms with Crippen LogP contribution in [-0.4, -0.2) is 28.0 Å². The zero-order valence-corrected chi connectivity index (χ0v) is 11.8. The Morgan fingerprint density at radius 3 is 2.72 bits per heavy atom. The first kappa shape index (κ1) is 15.1. The molecule has 100 valence electrons. The summed E-state index contributed by atoms with van der Waals surface area (Å²) in [6.07, 6.45) is -0.0749. The second-order valence-electron chi connectivity index (χ2n) is 3.30. The minimum Gasteiger partial charge on any atom is -0.469 e. The maximum atomic E-state index is 12.8. The van der Waals surface area contributed by atoms with Gasteiger partial charge in [0.05, 0.1) is 18.4 Å². The standard InChI is InChI=1S/C10H11BrFNO4S/c1-17-10(14)4-5-13-18(15,16)9-3-2-7(12)6-8(9)11/h2-3,6,13H,4-5H2,1H3. The fourth-order valence-electron chi connectivity index (χ4n) is 1.16. The monoisotopic (exact) mass is 339 g/mol. The summed E-state index contributed by atoms with van der Waals surface area (Å²) in [4.78, 5) is 10.7. The van der Waals surface area contributed by atoms with Crippen LogP contribution >= 0.6 is 15.9 Å². The van der Waals surface area contributed by atoms with E-state index in [1.165, 1.54) is 7.11 Å². The summed E-state index contributed by atoms with van der Waals surface area (Å²) in [5.41, 5.74) is 0. The van der Waals surface area contributed by atoms with E-state index in [-0.39, 0.29) is 22.3 Å². The third kappa shape index (κ3) is 4.04. The molecule has 0 saturated carbocycles. The number of ether oxygens (including phenoxy) is 1. The van der Waals surface area contributed by atoms with Crippen LogP contribution in [0.2, 0.25) is 0 Å². The third-order valence-electron chi connectivity index (χ3n) is 2.03. The Balaban J connectivity index is 2.77. The number of carbonyl (C=O) groups excluding carboxylic acids is 1. The summed E-state index contributed by atoms with van der Waals surface area (Å²) in [6, 6.07) is 3.23. The van der Waals surface area contributed by atoms with Gasteiger partial charge in [0.15, 0.2) is 0 Å². The van der Waals surface area contributed by atoms with Crippen molar-refractivity contribution in [3.8, 4) is 0 Å². The minimum atomic E-state index is -3.78. The van der Waals surface area contributed by atoms with E-state index >= 15 is 0 Å². The highest BCUT2D eigenvalue weighted by molar-refractivity contribution is 9.10. The van der Waals surface area contributed by atoms with Gasteiger partial charge < -0.3 is 4.74 Å². The van der Waals surface area contributed by atoms with Crippen molar-refractivity contribution in [3.63, 3.8) is 0 Å². The van der Waals surface area contributed by atoms with Crippen LogP contribution in [0.5, 0.6) is 0 Å². The maximum Gasteiger partial charge on any atom is 0.306 e. The summed E-state index contributed by atoms with van der Waals surface area (Å²) in [7, 11) is -2.57. The Labute approximate surface area is 113 Å². The van der Waals surface area contributed by atoms with Gasteiger partial charge in [-0.05, 0) is 34.1 Å². The van der Waals surface area contributed by atoms with Crippen molar-refractivity contribution in [2.24, 2.45) is 0 Å². The number of carbonyl (C=O) groups is 1. The number of hydrogen-bond donors (Lipinski definition) is 1. The van der Waals surface area contributed by atoms with E-state index in [0.717, 1.165) is 18.2 Å². The molecule has 0 saturated heterocycles. The first-order chi connectivity index (χ1) is 8.36. The molecule has 0 amide bonds. The van der Waals surface area contributed by atoms with E-state index in [9.17, 15) is 17.6 Å². The largest absolute Gasteiger partial charge is 0.469 e. The van der Waals surface area contributed by atoms with Crippen LogP contribution < -0.4 is 4.72 Å². The van der Waals surface area contributed by atoms with E-state index in [1.54, 1.807) is 0 Å². The molecule has 0 aliphatic rings. The van der Waals surface area contributed by atoms with Crippen LogP contribution in [0.15, 0.2) is 27.6 Å². The van der Waals surface area contributed by atoms with Crippen LogP contribution in [0.4, 0.5) is 4.39 Å². The van der Waals surface area contributed by atoms with Crippen molar-refractivity contribution in [3.05, 3.63) is 28.5 Å². The smallest absolute Gasteiger partial charge is 0.306 e. The predicted octanol–water partition coefficient (Wildman–Crippen LogP) is 1.43. The lowest BCUT2D eigenvalue weighted by molar-refractivity contribution is -0.140. The molecule has 0 heterocycles. The highest BCUT2D eigenvalue weighted by Gasteiger charge is 2.18. The van der Waals surface area contributed by atoms with E-state index in [1.807, 2.05) is 0 Å². The molecule has 0 bridgehead atoms. The molecular formula is C10H11BrFNO4S. The van der Waals surface area contributed by atoms with Gasteiger partial charge in [-0.15, -0.1) is 0 Å². The topological polar surface area (TPSA) is 72.5 Å². The Kier molecular flexibility index (Phi) is 5.24. The van der Waals surface area contributed by atoms with Crippen molar-refractivity contribution < 1.29 is 22.3 Å². The molecule has 0 aliphatic heterocycles. The Morgan fingerprint density at radius 1 is 1.50 bits per heavy atom. The highest BCUT2D eigenvalue weighted by atomic mass is 79.9. The minimum absolute atomic E-state index is 0.0749. The number of sulfonamides is 1. The Hall–Kier alpha value is -0.990. The second kappa shape index (κ2) is 6.26. The quantitative estimate of drug-likeness (QED) is 0.823. The van der Waals surface area contributed by atoms with Gasteiger partial charge in [0.25, 0.3) is 0 Å². The number of halogens is 2. The number of rotatable bonds is 5. The van der Waals surface area contributed by atoms with E-state index in [4.69, 9.17) is 0 Å². The molecule has 0 unspecified atom stereocenters. The van der Waals surface area contributed by atoms with Crippen LogP contribution in [0.25, 0.3) is 0 Å². The van der Waals surface area contributed by atoms with E-state index in [0.29, 0.717) is 0 Å². The number of nitrogens with one attached hydrogen (secondary N) is 1. The molecule has 1 rings (SSSR count). The zero-order chi connectivity index (χ0) is 13.8. The van der Waals surface area contributed by atoms with Crippen molar-refractivity contribution in [1.29, 1.82) is 0 Å². The molecule has 1 aromatic carbocycles. The molecular weight excluding hydrogens is 329 g/mol. The molecule has 8 heteroatoms. The van der Waals surface area contributed by atoms with Gasteiger partial charge in [-0.2, -0.15) is 0 Å². The highest BCUT2D eigenvalue weighted by Crippen LogP contribution is 2.22. The average Bonchev–Trinajstić information content (AvgIpc) is 2.27. The van der Waals surface area contributed by atoms with Crippen molar-refractivity contribution >= 4 is 31.9 Å². The molecule has 0 spiro atoms. The summed E-state index contributed by atoms with van der Waals surface area (Å²) >= 11 is 2.97. The third-order valence-corrected chi connectivity index (χ3v) is 4.47. The van der Waals surface area contributed by atoms with Gasteiger partial charge in [-0.1, -0.05) is 0 Å². The molecule has 1 N–H and O–H groups in total. The summed E-state index contributed by atoms with van der Waals surface area (Å²) in [5.74, 6) is -1.06. The molecule has 0 atom stereocenters. The van der Waals surface area contributed by atoms with E-state index in [2.05, 4.69) is 25.4 Å². The fourth-order valence-corrected chi connectivity index (χ4v) is 3.24. The summed E-state index contributed by atoms with van der Waals surface area (Å²) in [5, 5.41) is 0. The van der Waals surface area contributed by atoms with Crippen LogP contribution in [-0.2, 0) is 19.6 Å². The van der Waals surface area contributed by atoms with Crippen LogP contribution in [0.1, 0.15) is 6.42 Å². The summed E-state index contributed by atoms with van der Waals surface area (Å²) < 4.78 is 43.2. The molecule has 0 radical (unpaired) electrons. The van der Waals surface area contributed by atoms with Gasteiger partial charge in [-0.25, -0.2) is 17.5 Å². The van der Waals surface area contributed by atoms with Crippen molar-refractivity contribution in [1.82, 2.24) is 4.72 Å². The molecule has 1 aromatic rings. The lowest BCUT2D eigenvalue weighted by Crippen LogP contribution is -2.26. The first-order valence-corrected chi connectivity index (χ1v) is 7.16. The number of methoxy groups -OCH3 is 1. The molecule has 5 nitrogen and oxygen atoms in total. The number of benzene rings is 1. The molecule has 0 fully saturated rings. The first-order valence-electron chi connectivity index (χ1n) is 4.88. The van der Waals surface area contributed by atoms with Gasteiger partial charge >= 0.3 is 5.97 Å². The lowest BCUT2D eigenvalue weighted by atomic mass is 10.3. The molecule has 0 aliphatic carbocycles. The predicted molar refractivity (Wildman–Crippen MR) is 65.9 cm³/mol.